The predicted molar refractivity (Wildman–Crippen MR) is 135 cm³/mol. The maximum Gasteiger partial charge on any atom is 0.337 e. The molecule has 176 valence electrons. The van der Waals surface area contributed by atoms with Gasteiger partial charge in [0.1, 0.15) is 0 Å². The lowest BCUT2D eigenvalue weighted by Crippen LogP contribution is -2.17. The number of aromatic nitrogens is 4. The Morgan fingerprint density at radius 1 is 1.06 bits per heavy atom. The molecule has 0 atom stereocenters. The summed E-state index contributed by atoms with van der Waals surface area (Å²) in [7, 11) is 1.34. The van der Waals surface area contributed by atoms with Crippen LogP contribution in [0.2, 0.25) is 0 Å². The van der Waals surface area contributed by atoms with Gasteiger partial charge in [-0.1, -0.05) is 35.7 Å². The first-order chi connectivity index (χ1) is 16.9. The lowest BCUT2D eigenvalue weighted by molar-refractivity contribution is -0.115. The van der Waals surface area contributed by atoms with Crippen molar-refractivity contribution in [3.63, 3.8) is 0 Å². The zero-order chi connectivity index (χ0) is 24.9. The second-order valence-electron chi connectivity index (χ2n) is 7.70. The first kappa shape index (κ1) is 24.0. The summed E-state index contributed by atoms with van der Waals surface area (Å²) in [6, 6.07) is 14.2. The highest BCUT2D eigenvalue weighted by molar-refractivity contribution is 7.98. The molecule has 1 N–H and O–H groups in total. The Bertz CT molecular complexity index is 1500. The highest BCUT2D eigenvalue weighted by atomic mass is 32.2. The summed E-state index contributed by atoms with van der Waals surface area (Å²) in [4.78, 5) is 33.4. The van der Waals surface area contributed by atoms with E-state index in [1.807, 2.05) is 44.4 Å². The summed E-state index contributed by atoms with van der Waals surface area (Å²) in [6.45, 7) is 3.78. The first-order valence-corrected chi connectivity index (χ1v) is 12.0. The third-order valence-electron chi connectivity index (χ3n) is 5.33. The van der Waals surface area contributed by atoms with Crippen molar-refractivity contribution in [3.05, 3.63) is 82.2 Å². The van der Waals surface area contributed by atoms with Gasteiger partial charge >= 0.3 is 5.97 Å². The highest BCUT2D eigenvalue weighted by Gasteiger charge is 2.16. The summed E-state index contributed by atoms with van der Waals surface area (Å²) < 4.78 is 6.42. The molecule has 9 heteroatoms. The summed E-state index contributed by atoms with van der Waals surface area (Å²) >= 11 is 1.44. The quantitative estimate of drug-likeness (QED) is 0.261. The third kappa shape index (κ3) is 5.50. The number of hydrogen-bond donors (Lipinski definition) is 1. The number of benzene rings is 2. The van der Waals surface area contributed by atoms with Crippen LogP contribution in [0.5, 0.6) is 0 Å². The molecule has 4 rings (SSSR count). The van der Waals surface area contributed by atoms with Crippen molar-refractivity contribution in [2.45, 2.75) is 25.4 Å². The van der Waals surface area contributed by atoms with Gasteiger partial charge in [0.15, 0.2) is 0 Å². The fourth-order valence-electron chi connectivity index (χ4n) is 3.56. The van der Waals surface area contributed by atoms with Gasteiger partial charge in [0.05, 0.1) is 19.1 Å². The molecule has 0 spiro atoms. The Balaban J connectivity index is 1.50. The van der Waals surface area contributed by atoms with Crippen molar-refractivity contribution in [1.82, 2.24) is 19.6 Å². The van der Waals surface area contributed by atoms with E-state index < -0.39 is 5.97 Å². The van der Waals surface area contributed by atoms with Gasteiger partial charge in [-0.05, 0) is 56.5 Å². The number of aryl methyl sites for hydroxylation is 2. The number of amides is 1. The molecule has 1 amide bonds. The number of carbonyl (C=O) groups excluding carboxylic acids is 2. The molecule has 2 heterocycles. The van der Waals surface area contributed by atoms with E-state index in [0.717, 1.165) is 22.5 Å². The maximum absolute atomic E-state index is 12.8. The Kier molecular flexibility index (Phi) is 7.13. The lowest BCUT2D eigenvalue weighted by Gasteiger charge is -2.11. The van der Waals surface area contributed by atoms with Crippen molar-refractivity contribution >= 4 is 35.1 Å². The van der Waals surface area contributed by atoms with Crippen LogP contribution in [0, 0.1) is 25.7 Å². The van der Waals surface area contributed by atoms with Crippen LogP contribution in [0.25, 0.3) is 5.78 Å². The van der Waals surface area contributed by atoms with Crippen molar-refractivity contribution in [3.8, 4) is 11.8 Å². The van der Waals surface area contributed by atoms with Crippen LogP contribution in [0.1, 0.15) is 38.4 Å². The van der Waals surface area contributed by atoms with E-state index in [-0.39, 0.29) is 12.3 Å². The van der Waals surface area contributed by atoms with E-state index >= 15 is 0 Å². The normalized spacial score (nSPS) is 10.5. The number of nitrogens with one attached hydrogen (secondary N) is 1. The van der Waals surface area contributed by atoms with E-state index in [9.17, 15) is 9.59 Å². The molecule has 0 unspecified atom stereocenters. The average Bonchev–Trinajstić information content (AvgIpc) is 3.28. The molecule has 0 bridgehead atoms. The summed E-state index contributed by atoms with van der Waals surface area (Å²) in [6.07, 6.45) is 2.06. The minimum Gasteiger partial charge on any atom is -0.465 e. The van der Waals surface area contributed by atoms with Gasteiger partial charge in [0.25, 0.3) is 5.78 Å². The van der Waals surface area contributed by atoms with Gasteiger partial charge in [-0.2, -0.15) is 4.98 Å². The van der Waals surface area contributed by atoms with Gasteiger partial charge in [-0.3, -0.25) is 4.79 Å². The molecule has 2 aromatic carbocycles. The van der Waals surface area contributed by atoms with E-state index in [1.54, 1.807) is 28.8 Å². The summed E-state index contributed by atoms with van der Waals surface area (Å²) in [5.41, 5.74) is 4.90. The second kappa shape index (κ2) is 10.4. The van der Waals surface area contributed by atoms with Crippen LogP contribution in [0.15, 0.2) is 53.7 Å². The van der Waals surface area contributed by atoms with E-state index in [1.165, 1.54) is 18.9 Å². The van der Waals surface area contributed by atoms with Crippen LogP contribution in [0.4, 0.5) is 5.69 Å². The fraction of sp³-hybridized carbons (Fsp3) is 0.192. The topological polar surface area (TPSA) is 98.5 Å². The molecule has 0 aliphatic heterocycles. The fourth-order valence-corrected chi connectivity index (χ4v) is 3.90. The first-order valence-electron chi connectivity index (χ1n) is 10.7. The number of anilines is 1. The van der Waals surface area contributed by atoms with Crippen LogP contribution in [-0.4, -0.2) is 44.8 Å². The van der Waals surface area contributed by atoms with E-state index in [4.69, 9.17) is 4.74 Å². The van der Waals surface area contributed by atoms with Gasteiger partial charge < -0.3 is 10.1 Å². The Hall–Kier alpha value is -4.16. The number of nitrogens with zero attached hydrogens (tertiary/aromatic N) is 4. The van der Waals surface area contributed by atoms with Crippen LogP contribution < -0.4 is 5.32 Å². The molecule has 35 heavy (non-hydrogen) atoms. The monoisotopic (exact) mass is 485 g/mol. The van der Waals surface area contributed by atoms with Crippen LogP contribution >= 0.6 is 11.8 Å². The maximum atomic E-state index is 12.8. The number of methoxy groups -OCH3 is 1. The van der Waals surface area contributed by atoms with Crippen LogP contribution in [0.3, 0.4) is 0 Å². The zero-order valence-electron chi connectivity index (χ0n) is 19.7. The number of rotatable bonds is 5. The van der Waals surface area contributed by atoms with Gasteiger partial charge in [-0.25, -0.2) is 14.3 Å². The summed E-state index contributed by atoms with van der Waals surface area (Å²) in [5.74, 6) is 6.06. The van der Waals surface area contributed by atoms with Crippen molar-refractivity contribution < 1.29 is 14.3 Å². The smallest absolute Gasteiger partial charge is 0.337 e. The second-order valence-corrected chi connectivity index (χ2v) is 8.47. The SMILES string of the molecule is COC(=O)c1cccc(C#Cc2cccc(NC(=O)Cc3c(C)nc4nc(SC)nn4c3C)c2)c1. The molecule has 2 aromatic heterocycles. The lowest BCUT2D eigenvalue weighted by atomic mass is 10.1. The molecule has 0 saturated carbocycles. The number of esters is 1. The van der Waals surface area contributed by atoms with Crippen molar-refractivity contribution in [2.24, 2.45) is 0 Å². The molecule has 0 radical (unpaired) electrons. The summed E-state index contributed by atoms with van der Waals surface area (Å²) in [5, 5.41) is 8.00. The van der Waals surface area contributed by atoms with Crippen molar-refractivity contribution in [2.75, 3.05) is 18.7 Å². The minimum absolute atomic E-state index is 0.158. The number of thioether (sulfide) groups is 1. The molecule has 4 aromatic rings. The standard InChI is InChI=1S/C26H23N5O3S/c1-16-22(17(2)31-25(27-16)29-26(30-31)35-4)15-23(32)28-21-10-6-8-19(14-21)12-11-18-7-5-9-20(13-18)24(33)34-3/h5-10,13-14H,15H2,1-4H3,(H,28,32). The molecular weight excluding hydrogens is 462 g/mol. The highest BCUT2D eigenvalue weighted by Crippen LogP contribution is 2.18. The Morgan fingerprint density at radius 2 is 1.77 bits per heavy atom. The molecular formula is C26H23N5O3S. The largest absolute Gasteiger partial charge is 0.465 e. The number of ether oxygens (including phenoxy) is 1. The molecule has 0 saturated heterocycles. The Labute approximate surface area is 207 Å². The van der Waals surface area contributed by atoms with E-state index in [2.05, 4.69) is 32.2 Å². The van der Waals surface area contributed by atoms with Crippen molar-refractivity contribution in [1.29, 1.82) is 0 Å². The molecule has 8 nitrogen and oxygen atoms in total. The average molecular weight is 486 g/mol. The van der Waals surface area contributed by atoms with Gasteiger partial charge in [0, 0.05) is 33.8 Å². The zero-order valence-corrected chi connectivity index (χ0v) is 20.6. The number of carbonyl (C=O) groups is 2. The Morgan fingerprint density at radius 3 is 2.49 bits per heavy atom. The number of hydrogen-bond acceptors (Lipinski definition) is 7. The van der Waals surface area contributed by atoms with E-state index in [0.29, 0.717) is 27.7 Å². The minimum atomic E-state index is -0.410. The molecule has 0 fully saturated rings. The third-order valence-corrected chi connectivity index (χ3v) is 5.87. The predicted octanol–water partition coefficient (Wildman–Crippen LogP) is 3.83. The number of fused-ring (bicyclic) bond motifs is 1. The van der Waals surface area contributed by atoms with Gasteiger partial charge in [0.2, 0.25) is 11.1 Å². The molecule has 0 aliphatic carbocycles. The molecule has 0 aliphatic rings. The van der Waals surface area contributed by atoms with Crippen LogP contribution in [-0.2, 0) is 16.0 Å². The van der Waals surface area contributed by atoms with Gasteiger partial charge in [-0.15, -0.1) is 5.10 Å².